The zero-order chi connectivity index (χ0) is 11.7. The minimum atomic E-state index is -0.858. The van der Waals surface area contributed by atoms with Gasteiger partial charge in [0, 0.05) is 20.2 Å². The van der Waals surface area contributed by atoms with Gasteiger partial charge >= 0.3 is 5.97 Å². The number of amides is 1. The van der Waals surface area contributed by atoms with Crippen molar-refractivity contribution in [3.63, 3.8) is 0 Å². The zero-order valence-corrected chi connectivity index (χ0v) is 9.39. The van der Waals surface area contributed by atoms with Crippen LogP contribution in [0.25, 0.3) is 0 Å². The number of nitrogens with zero attached hydrogens (tertiary/aromatic N) is 1. The molecule has 5 heteroatoms. The van der Waals surface area contributed by atoms with Gasteiger partial charge in [0.05, 0.1) is 17.9 Å². The van der Waals surface area contributed by atoms with Gasteiger partial charge in [0.1, 0.15) is 0 Å². The Morgan fingerprint density at radius 2 is 2.19 bits per heavy atom. The molecule has 1 saturated carbocycles. The van der Waals surface area contributed by atoms with Gasteiger partial charge in [-0.2, -0.15) is 0 Å². The number of ether oxygens (including phenoxy) is 1. The topological polar surface area (TPSA) is 66.8 Å². The fourth-order valence-corrected chi connectivity index (χ4v) is 2.21. The lowest BCUT2D eigenvalue weighted by molar-refractivity contribution is -0.141. The number of carbonyl (C=O) groups is 2. The summed E-state index contributed by atoms with van der Waals surface area (Å²) in [5.41, 5.74) is 0. The molecule has 0 spiro atoms. The van der Waals surface area contributed by atoms with Gasteiger partial charge in [-0.05, 0) is 19.3 Å². The van der Waals surface area contributed by atoms with Crippen molar-refractivity contribution in [1.29, 1.82) is 0 Å². The summed E-state index contributed by atoms with van der Waals surface area (Å²) in [4.78, 5) is 24.1. The molecule has 3 atom stereocenters. The van der Waals surface area contributed by atoms with Crippen LogP contribution < -0.4 is 0 Å². The highest BCUT2D eigenvalue weighted by atomic mass is 16.5. The van der Waals surface area contributed by atoms with Crippen molar-refractivity contribution in [3.8, 4) is 0 Å². The molecule has 1 aliphatic carbocycles. The number of carboxylic acids is 1. The predicted molar refractivity (Wildman–Crippen MR) is 55.8 cm³/mol. The van der Waals surface area contributed by atoms with E-state index in [4.69, 9.17) is 9.84 Å². The Morgan fingerprint density at radius 1 is 1.44 bits per heavy atom. The van der Waals surface area contributed by atoms with Gasteiger partial charge in [0.25, 0.3) is 0 Å². The maximum atomic E-state index is 11.8. The Bertz CT molecular complexity index is 298. The molecule has 2 rings (SSSR count). The molecular weight excluding hydrogens is 210 g/mol. The lowest BCUT2D eigenvalue weighted by atomic mass is 10.2. The van der Waals surface area contributed by atoms with Gasteiger partial charge in [-0.25, -0.2) is 0 Å². The molecule has 16 heavy (non-hydrogen) atoms. The van der Waals surface area contributed by atoms with E-state index >= 15 is 0 Å². The minimum absolute atomic E-state index is 0.0529. The molecule has 5 nitrogen and oxygen atoms in total. The second-order valence-corrected chi connectivity index (χ2v) is 4.64. The summed E-state index contributed by atoms with van der Waals surface area (Å²) in [5.74, 6) is -1.67. The van der Waals surface area contributed by atoms with Gasteiger partial charge in [0.2, 0.25) is 5.91 Å². The maximum absolute atomic E-state index is 11.8. The van der Waals surface area contributed by atoms with Crippen molar-refractivity contribution >= 4 is 11.9 Å². The number of carbonyl (C=O) groups excluding carboxylic acids is 1. The molecule has 0 aromatic rings. The summed E-state index contributed by atoms with van der Waals surface area (Å²) in [6.45, 7) is 1.36. The second kappa shape index (κ2) is 4.41. The van der Waals surface area contributed by atoms with E-state index in [9.17, 15) is 9.59 Å². The molecule has 0 radical (unpaired) electrons. The molecule has 90 valence electrons. The number of aliphatic carboxylic acids is 1. The van der Waals surface area contributed by atoms with E-state index in [-0.39, 0.29) is 17.9 Å². The van der Waals surface area contributed by atoms with E-state index in [1.54, 1.807) is 11.9 Å². The molecule has 0 aromatic heterocycles. The number of likely N-dealkylation sites (N-methyl/N-ethyl adjacent to an activating group) is 1. The quantitative estimate of drug-likeness (QED) is 0.752. The van der Waals surface area contributed by atoms with Crippen molar-refractivity contribution in [1.82, 2.24) is 4.90 Å². The Hall–Kier alpha value is -1.10. The van der Waals surface area contributed by atoms with Crippen molar-refractivity contribution in [2.24, 2.45) is 11.8 Å². The summed E-state index contributed by atoms with van der Waals surface area (Å²) in [6, 6.07) is 0. The summed E-state index contributed by atoms with van der Waals surface area (Å²) in [6.07, 6.45) is 2.67. The standard InChI is InChI=1S/C11H17NO4/c1-12(6-7-3-2-4-16-7)10(13)8-5-9(8)11(14)15/h7-9H,2-6H2,1H3,(H,14,15)/t7?,8-,9+/m1/s1. The first-order chi connectivity index (χ1) is 7.59. The molecule has 2 fully saturated rings. The van der Waals surface area contributed by atoms with E-state index in [1.165, 1.54) is 0 Å². The highest BCUT2D eigenvalue weighted by Gasteiger charge is 2.49. The SMILES string of the molecule is CN(CC1CCCO1)C(=O)[C@@H]1C[C@@H]1C(=O)O. The lowest BCUT2D eigenvalue weighted by Crippen LogP contribution is -2.35. The lowest BCUT2D eigenvalue weighted by Gasteiger charge is -2.20. The normalized spacial score (nSPS) is 32.4. The third-order valence-corrected chi connectivity index (χ3v) is 3.30. The minimum Gasteiger partial charge on any atom is -0.481 e. The Balaban J connectivity index is 1.79. The first-order valence-electron chi connectivity index (χ1n) is 5.69. The van der Waals surface area contributed by atoms with Gasteiger partial charge in [-0.1, -0.05) is 0 Å². The molecule has 1 unspecified atom stereocenters. The average Bonchev–Trinajstić information content (AvgIpc) is 2.89. The number of hydrogen-bond donors (Lipinski definition) is 1. The highest BCUT2D eigenvalue weighted by molar-refractivity contribution is 5.89. The van der Waals surface area contributed by atoms with Crippen LogP contribution in [-0.4, -0.2) is 48.2 Å². The fourth-order valence-electron chi connectivity index (χ4n) is 2.21. The molecule has 1 N–H and O–H groups in total. The van der Waals surface area contributed by atoms with Crippen molar-refractivity contribution < 1.29 is 19.4 Å². The molecule has 1 amide bonds. The molecule has 2 aliphatic rings. The molecular formula is C11H17NO4. The van der Waals surface area contributed by atoms with Crippen LogP contribution >= 0.6 is 0 Å². The third-order valence-electron chi connectivity index (χ3n) is 3.30. The fraction of sp³-hybridized carbons (Fsp3) is 0.818. The first kappa shape index (κ1) is 11.4. The van der Waals surface area contributed by atoms with Crippen LogP contribution in [0.2, 0.25) is 0 Å². The van der Waals surface area contributed by atoms with Gasteiger partial charge in [0.15, 0.2) is 0 Å². The molecule has 1 aliphatic heterocycles. The third kappa shape index (κ3) is 2.35. The van der Waals surface area contributed by atoms with Crippen LogP contribution in [0.15, 0.2) is 0 Å². The molecule has 0 aromatic carbocycles. The van der Waals surface area contributed by atoms with Crippen LogP contribution in [0.4, 0.5) is 0 Å². The summed E-state index contributed by atoms with van der Waals surface area (Å²) in [7, 11) is 1.72. The second-order valence-electron chi connectivity index (χ2n) is 4.64. The Labute approximate surface area is 94.4 Å². The largest absolute Gasteiger partial charge is 0.481 e. The van der Waals surface area contributed by atoms with Crippen LogP contribution in [0, 0.1) is 11.8 Å². The molecule has 0 bridgehead atoms. The van der Waals surface area contributed by atoms with Crippen LogP contribution in [-0.2, 0) is 14.3 Å². The van der Waals surface area contributed by atoms with Crippen LogP contribution in [0.3, 0.4) is 0 Å². The first-order valence-corrected chi connectivity index (χ1v) is 5.69. The zero-order valence-electron chi connectivity index (χ0n) is 9.39. The number of rotatable bonds is 4. The Morgan fingerprint density at radius 3 is 2.69 bits per heavy atom. The van der Waals surface area contributed by atoms with Crippen molar-refractivity contribution in [2.75, 3.05) is 20.2 Å². The number of carboxylic acid groups (broad SMARTS) is 1. The van der Waals surface area contributed by atoms with Crippen LogP contribution in [0.1, 0.15) is 19.3 Å². The number of hydrogen-bond acceptors (Lipinski definition) is 3. The predicted octanol–water partition coefficient (Wildman–Crippen LogP) is 0.344. The highest BCUT2D eigenvalue weighted by Crippen LogP contribution is 2.39. The summed E-state index contributed by atoms with van der Waals surface area (Å²) in [5, 5.41) is 8.74. The summed E-state index contributed by atoms with van der Waals surface area (Å²) < 4.78 is 5.44. The van der Waals surface area contributed by atoms with E-state index in [1.807, 2.05) is 0 Å². The van der Waals surface area contributed by atoms with Gasteiger partial charge in [-0.3, -0.25) is 9.59 Å². The van der Waals surface area contributed by atoms with Gasteiger partial charge in [-0.15, -0.1) is 0 Å². The average molecular weight is 227 g/mol. The van der Waals surface area contributed by atoms with E-state index in [2.05, 4.69) is 0 Å². The van der Waals surface area contributed by atoms with E-state index < -0.39 is 11.9 Å². The van der Waals surface area contributed by atoms with E-state index in [0.717, 1.165) is 19.4 Å². The summed E-state index contributed by atoms with van der Waals surface area (Å²) >= 11 is 0. The van der Waals surface area contributed by atoms with Crippen LogP contribution in [0.5, 0.6) is 0 Å². The van der Waals surface area contributed by atoms with E-state index in [0.29, 0.717) is 13.0 Å². The van der Waals surface area contributed by atoms with Gasteiger partial charge < -0.3 is 14.7 Å². The maximum Gasteiger partial charge on any atom is 0.307 e. The van der Waals surface area contributed by atoms with Crippen molar-refractivity contribution in [3.05, 3.63) is 0 Å². The molecule has 1 saturated heterocycles. The monoisotopic (exact) mass is 227 g/mol. The van der Waals surface area contributed by atoms with Crippen molar-refractivity contribution in [2.45, 2.75) is 25.4 Å². The Kier molecular flexibility index (Phi) is 3.14. The molecule has 1 heterocycles. The smallest absolute Gasteiger partial charge is 0.307 e.